The summed E-state index contributed by atoms with van der Waals surface area (Å²) in [4.78, 5) is 0. The molecule has 1 N–H and O–H groups in total. The number of benzene rings is 1. The van der Waals surface area contributed by atoms with E-state index in [0.717, 1.165) is 6.54 Å². The van der Waals surface area contributed by atoms with Crippen LogP contribution in [0.3, 0.4) is 0 Å². The van der Waals surface area contributed by atoms with E-state index >= 15 is 0 Å². The van der Waals surface area contributed by atoms with Crippen molar-refractivity contribution in [3.63, 3.8) is 0 Å². The Balaban J connectivity index is 2.18. The molecule has 0 aromatic heterocycles. The summed E-state index contributed by atoms with van der Waals surface area (Å²) >= 11 is 3.74. The molecular formula is C17H26BrN. The molecule has 0 radical (unpaired) electrons. The maximum Gasteiger partial charge on any atom is 0.0210 e. The summed E-state index contributed by atoms with van der Waals surface area (Å²) in [6.07, 6.45) is 6.70. The van der Waals surface area contributed by atoms with E-state index in [1.807, 2.05) is 0 Å². The van der Waals surface area contributed by atoms with Crippen LogP contribution in [0.25, 0.3) is 0 Å². The van der Waals surface area contributed by atoms with Crippen LogP contribution in [0.2, 0.25) is 0 Å². The molecule has 1 aromatic carbocycles. The zero-order chi connectivity index (χ0) is 13.7. The molecule has 1 aromatic rings. The Hall–Kier alpha value is -0.340. The molecule has 0 spiro atoms. The monoisotopic (exact) mass is 323 g/mol. The molecule has 2 rings (SSSR count). The predicted octanol–water partition coefficient (Wildman–Crippen LogP) is 5.11. The van der Waals surface area contributed by atoms with E-state index in [1.54, 1.807) is 0 Å². The topological polar surface area (TPSA) is 12.0 Å². The number of hydrogen-bond acceptors (Lipinski definition) is 1. The van der Waals surface area contributed by atoms with Crippen molar-refractivity contribution in [2.45, 2.75) is 51.9 Å². The quantitative estimate of drug-likeness (QED) is 0.742. The van der Waals surface area contributed by atoms with Gasteiger partial charge in [-0.15, -0.1) is 0 Å². The predicted molar refractivity (Wildman–Crippen MR) is 86.6 cm³/mol. The van der Waals surface area contributed by atoms with E-state index in [9.17, 15) is 0 Å². The van der Waals surface area contributed by atoms with Crippen molar-refractivity contribution >= 4 is 15.9 Å². The third-order valence-electron chi connectivity index (χ3n) is 4.69. The van der Waals surface area contributed by atoms with Gasteiger partial charge in [-0.2, -0.15) is 0 Å². The molecule has 106 valence electrons. The van der Waals surface area contributed by atoms with E-state index in [2.05, 4.69) is 59.4 Å². The van der Waals surface area contributed by atoms with Gasteiger partial charge < -0.3 is 5.32 Å². The SMILES string of the molecule is CCCCCC1(C)CCNCC1c1ccccc1Br. The summed E-state index contributed by atoms with van der Waals surface area (Å²) < 4.78 is 1.27. The summed E-state index contributed by atoms with van der Waals surface area (Å²) in [5.41, 5.74) is 1.93. The average molecular weight is 324 g/mol. The first-order valence-corrected chi connectivity index (χ1v) is 8.42. The fraction of sp³-hybridized carbons (Fsp3) is 0.647. The number of hydrogen-bond donors (Lipinski definition) is 1. The van der Waals surface area contributed by atoms with E-state index in [0.29, 0.717) is 11.3 Å². The van der Waals surface area contributed by atoms with Crippen molar-refractivity contribution in [3.05, 3.63) is 34.3 Å². The van der Waals surface area contributed by atoms with Gasteiger partial charge in [0.1, 0.15) is 0 Å². The number of nitrogens with one attached hydrogen (secondary N) is 1. The van der Waals surface area contributed by atoms with Gasteiger partial charge >= 0.3 is 0 Å². The van der Waals surface area contributed by atoms with Gasteiger partial charge in [0.2, 0.25) is 0 Å². The zero-order valence-electron chi connectivity index (χ0n) is 12.2. The Kier molecular flexibility index (Phi) is 5.47. The molecular weight excluding hydrogens is 298 g/mol. The Bertz CT molecular complexity index is 404. The maximum atomic E-state index is 3.74. The highest BCUT2D eigenvalue weighted by Gasteiger charge is 2.37. The number of unbranched alkanes of at least 4 members (excludes halogenated alkanes) is 2. The van der Waals surface area contributed by atoms with Crippen LogP contribution < -0.4 is 5.32 Å². The minimum Gasteiger partial charge on any atom is -0.316 e. The minimum atomic E-state index is 0.449. The fourth-order valence-corrected chi connectivity index (χ4v) is 3.92. The number of halogens is 1. The van der Waals surface area contributed by atoms with Crippen LogP contribution in [0.1, 0.15) is 57.4 Å². The third-order valence-corrected chi connectivity index (χ3v) is 5.42. The summed E-state index contributed by atoms with van der Waals surface area (Å²) in [5.74, 6) is 0.633. The van der Waals surface area contributed by atoms with Gasteiger partial charge in [0.05, 0.1) is 0 Å². The Morgan fingerprint density at radius 1 is 1.32 bits per heavy atom. The molecule has 2 heteroatoms. The van der Waals surface area contributed by atoms with E-state index in [1.165, 1.54) is 48.7 Å². The zero-order valence-corrected chi connectivity index (χ0v) is 13.8. The van der Waals surface area contributed by atoms with Gasteiger partial charge in [-0.1, -0.05) is 67.2 Å². The van der Waals surface area contributed by atoms with Gasteiger partial charge in [-0.05, 0) is 36.4 Å². The highest BCUT2D eigenvalue weighted by Crippen LogP contribution is 2.46. The lowest BCUT2D eigenvalue weighted by Gasteiger charge is -2.43. The summed E-state index contributed by atoms with van der Waals surface area (Å²) in [7, 11) is 0. The lowest BCUT2D eigenvalue weighted by Crippen LogP contribution is -2.42. The van der Waals surface area contributed by atoms with Crippen LogP contribution in [-0.4, -0.2) is 13.1 Å². The maximum absolute atomic E-state index is 3.74. The Morgan fingerprint density at radius 3 is 2.84 bits per heavy atom. The molecule has 1 aliphatic rings. The van der Waals surface area contributed by atoms with Gasteiger partial charge in [-0.25, -0.2) is 0 Å². The van der Waals surface area contributed by atoms with Crippen LogP contribution in [-0.2, 0) is 0 Å². The van der Waals surface area contributed by atoms with E-state index < -0.39 is 0 Å². The van der Waals surface area contributed by atoms with Crippen molar-refractivity contribution in [2.24, 2.45) is 5.41 Å². The second-order valence-electron chi connectivity index (χ2n) is 6.14. The molecule has 1 nitrogen and oxygen atoms in total. The first kappa shape index (κ1) is 15.1. The van der Waals surface area contributed by atoms with Crippen molar-refractivity contribution < 1.29 is 0 Å². The minimum absolute atomic E-state index is 0.449. The molecule has 0 amide bonds. The van der Waals surface area contributed by atoms with Crippen LogP contribution in [0.15, 0.2) is 28.7 Å². The second-order valence-corrected chi connectivity index (χ2v) is 6.99. The van der Waals surface area contributed by atoms with Gasteiger partial charge in [0.15, 0.2) is 0 Å². The highest BCUT2D eigenvalue weighted by molar-refractivity contribution is 9.10. The normalized spacial score (nSPS) is 27.4. The van der Waals surface area contributed by atoms with Crippen LogP contribution >= 0.6 is 15.9 Å². The largest absolute Gasteiger partial charge is 0.316 e. The molecule has 1 aliphatic heterocycles. The molecule has 1 fully saturated rings. The van der Waals surface area contributed by atoms with Crippen LogP contribution in [0.5, 0.6) is 0 Å². The molecule has 19 heavy (non-hydrogen) atoms. The molecule has 0 aliphatic carbocycles. The molecule has 0 saturated carbocycles. The first-order chi connectivity index (χ1) is 9.17. The van der Waals surface area contributed by atoms with Crippen molar-refractivity contribution in [3.8, 4) is 0 Å². The third kappa shape index (κ3) is 3.61. The highest BCUT2D eigenvalue weighted by atomic mass is 79.9. The molecule has 1 heterocycles. The number of rotatable bonds is 5. The number of piperidine rings is 1. The smallest absolute Gasteiger partial charge is 0.0210 e. The lowest BCUT2D eigenvalue weighted by molar-refractivity contribution is 0.166. The fourth-order valence-electron chi connectivity index (χ4n) is 3.36. The first-order valence-electron chi connectivity index (χ1n) is 7.62. The molecule has 2 unspecified atom stereocenters. The van der Waals surface area contributed by atoms with E-state index in [4.69, 9.17) is 0 Å². The second kappa shape index (κ2) is 6.90. The van der Waals surface area contributed by atoms with Crippen molar-refractivity contribution in [1.82, 2.24) is 5.32 Å². The van der Waals surface area contributed by atoms with Gasteiger partial charge in [-0.3, -0.25) is 0 Å². The molecule has 0 bridgehead atoms. The standard InChI is InChI=1S/C17H26BrN/c1-3-4-7-10-17(2)11-12-19-13-15(17)14-8-5-6-9-16(14)18/h5-6,8-9,15,19H,3-4,7,10-13H2,1-2H3. The van der Waals surface area contributed by atoms with Crippen LogP contribution in [0, 0.1) is 5.41 Å². The van der Waals surface area contributed by atoms with Gasteiger partial charge in [0, 0.05) is 16.9 Å². The van der Waals surface area contributed by atoms with Crippen molar-refractivity contribution in [2.75, 3.05) is 13.1 Å². The summed E-state index contributed by atoms with van der Waals surface area (Å²) in [6.45, 7) is 7.07. The molecule has 1 saturated heterocycles. The average Bonchev–Trinajstić information content (AvgIpc) is 2.41. The Labute approximate surface area is 126 Å². The summed E-state index contributed by atoms with van der Waals surface area (Å²) in [6, 6.07) is 8.75. The van der Waals surface area contributed by atoms with E-state index in [-0.39, 0.29) is 0 Å². The lowest BCUT2D eigenvalue weighted by atomic mass is 9.66. The summed E-state index contributed by atoms with van der Waals surface area (Å²) in [5, 5.41) is 3.59. The molecule has 2 atom stereocenters. The van der Waals surface area contributed by atoms with Gasteiger partial charge in [0.25, 0.3) is 0 Å². The van der Waals surface area contributed by atoms with Crippen LogP contribution in [0.4, 0.5) is 0 Å². The van der Waals surface area contributed by atoms with Crippen molar-refractivity contribution in [1.29, 1.82) is 0 Å². The Morgan fingerprint density at radius 2 is 2.11 bits per heavy atom.